The van der Waals surface area contributed by atoms with Crippen molar-refractivity contribution >= 4 is 5.91 Å². The van der Waals surface area contributed by atoms with Crippen LogP contribution in [0.25, 0.3) is 0 Å². The molecule has 8 nitrogen and oxygen atoms in total. The van der Waals surface area contributed by atoms with E-state index < -0.39 is 6.10 Å². The maximum absolute atomic E-state index is 12.7. The van der Waals surface area contributed by atoms with Gasteiger partial charge in [-0.1, -0.05) is 0 Å². The van der Waals surface area contributed by atoms with Gasteiger partial charge in [-0.15, -0.1) is 0 Å². The van der Waals surface area contributed by atoms with Crippen molar-refractivity contribution in [2.24, 2.45) is 0 Å². The Morgan fingerprint density at radius 3 is 2.67 bits per heavy atom. The van der Waals surface area contributed by atoms with Gasteiger partial charge in [0.2, 0.25) is 0 Å². The summed E-state index contributed by atoms with van der Waals surface area (Å²) in [6.07, 6.45) is 0.836. The number of nitrogens with zero attached hydrogens (tertiary/aromatic N) is 1. The van der Waals surface area contributed by atoms with Crippen molar-refractivity contribution in [1.82, 2.24) is 10.2 Å². The first-order valence-electron chi connectivity index (χ1n) is 10.2. The first-order chi connectivity index (χ1) is 14.6. The summed E-state index contributed by atoms with van der Waals surface area (Å²) >= 11 is 0. The summed E-state index contributed by atoms with van der Waals surface area (Å²) in [4.78, 5) is 14.8. The molecule has 3 rings (SSSR count). The highest BCUT2D eigenvalue weighted by Crippen LogP contribution is 2.18. The average molecular weight is 418 g/mol. The van der Waals surface area contributed by atoms with Gasteiger partial charge in [-0.2, -0.15) is 0 Å². The molecule has 8 heteroatoms. The fourth-order valence-corrected chi connectivity index (χ4v) is 3.51. The highest BCUT2D eigenvalue weighted by atomic mass is 16.5. The minimum Gasteiger partial charge on any atom is -0.491 e. The zero-order valence-corrected chi connectivity index (χ0v) is 17.3. The van der Waals surface area contributed by atoms with Crippen LogP contribution < -0.4 is 10.1 Å². The van der Waals surface area contributed by atoms with Crippen LogP contribution in [0.4, 0.5) is 0 Å². The summed E-state index contributed by atoms with van der Waals surface area (Å²) in [5.74, 6) is 1.72. The van der Waals surface area contributed by atoms with Crippen LogP contribution in [-0.4, -0.2) is 66.6 Å². The number of methoxy groups -OCH3 is 1. The van der Waals surface area contributed by atoms with Gasteiger partial charge < -0.3 is 29.4 Å². The molecule has 0 spiro atoms. The first kappa shape index (κ1) is 22.3. The molecule has 1 fully saturated rings. The molecule has 1 aromatic carbocycles. The summed E-state index contributed by atoms with van der Waals surface area (Å²) in [7, 11) is 1.61. The number of hydrogen-bond donors (Lipinski definition) is 3. The fourth-order valence-electron chi connectivity index (χ4n) is 3.51. The lowest BCUT2D eigenvalue weighted by molar-refractivity contribution is 0.0794. The van der Waals surface area contributed by atoms with Crippen molar-refractivity contribution in [1.29, 1.82) is 0 Å². The Labute approximate surface area is 176 Å². The number of carbonyl (C=O) groups excluding carboxylic acids is 1. The van der Waals surface area contributed by atoms with Gasteiger partial charge in [0, 0.05) is 19.2 Å². The minimum atomic E-state index is -0.611. The topological polar surface area (TPSA) is 104 Å². The second-order valence-corrected chi connectivity index (χ2v) is 7.42. The van der Waals surface area contributed by atoms with E-state index in [1.807, 2.05) is 6.07 Å². The Morgan fingerprint density at radius 1 is 1.20 bits per heavy atom. The van der Waals surface area contributed by atoms with Gasteiger partial charge in [0.05, 0.1) is 25.3 Å². The van der Waals surface area contributed by atoms with E-state index in [1.165, 1.54) is 0 Å². The van der Waals surface area contributed by atoms with E-state index in [4.69, 9.17) is 19.0 Å². The maximum atomic E-state index is 12.7. The Hall–Kier alpha value is -2.39. The van der Waals surface area contributed by atoms with Gasteiger partial charge >= 0.3 is 0 Å². The Bertz CT molecular complexity index is 791. The summed E-state index contributed by atoms with van der Waals surface area (Å²) in [6.45, 7) is 2.69. The molecule has 2 aromatic rings. The monoisotopic (exact) mass is 418 g/mol. The second-order valence-electron chi connectivity index (χ2n) is 7.42. The minimum absolute atomic E-state index is 0.131. The van der Waals surface area contributed by atoms with Gasteiger partial charge in [-0.25, -0.2) is 0 Å². The number of carbonyl (C=O) groups is 1. The maximum Gasteiger partial charge on any atom is 0.251 e. The number of aliphatic hydroxyl groups is 2. The predicted octanol–water partition coefficient (Wildman–Crippen LogP) is 1.55. The van der Waals surface area contributed by atoms with Crippen LogP contribution in [0.15, 0.2) is 40.8 Å². The van der Waals surface area contributed by atoms with Crippen molar-refractivity contribution in [2.45, 2.75) is 38.1 Å². The van der Waals surface area contributed by atoms with Crippen LogP contribution in [0.5, 0.6) is 5.75 Å². The van der Waals surface area contributed by atoms with Gasteiger partial charge in [0.25, 0.3) is 5.91 Å². The first-order valence-corrected chi connectivity index (χ1v) is 10.2. The van der Waals surface area contributed by atoms with E-state index in [0.717, 1.165) is 18.7 Å². The number of ether oxygens (including phenoxy) is 2. The van der Waals surface area contributed by atoms with Crippen LogP contribution in [0.1, 0.15) is 34.7 Å². The summed E-state index contributed by atoms with van der Waals surface area (Å²) in [6, 6.07) is 10.1. The average Bonchev–Trinajstić information content (AvgIpc) is 3.13. The standard InChI is InChI=1S/C22H30N2O6/c1-28-11-12-29-17-6-4-16(5-7-17)22(27)23-20-14-24(10-2-3-21(20)26)13-18-8-9-19(15-25)30-18/h4-9,20-21,25-26H,2-3,10-15H2,1H3,(H,23,27)/t20-,21+/m0/s1. The molecule has 1 saturated heterocycles. The lowest BCUT2D eigenvalue weighted by Crippen LogP contribution is -2.48. The number of rotatable bonds is 9. The molecule has 2 atom stereocenters. The molecule has 164 valence electrons. The van der Waals surface area contributed by atoms with Crippen LogP contribution in [0, 0.1) is 0 Å². The van der Waals surface area contributed by atoms with Gasteiger partial charge in [0.1, 0.15) is 30.5 Å². The number of hydrogen-bond acceptors (Lipinski definition) is 7. The van der Waals surface area contributed by atoms with E-state index in [2.05, 4.69) is 10.2 Å². The molecule has 30 heavy (non-hydrogen) atoms. The van der Waals surface area contributed by atoms with Crippen molar-refractivity contribution in [3.05, 3.63) is 53.5 Å². The van der Waals surface area contributed by atoms with E-state index in [9.17, 15) is 9.90 Å². The van der Waals surface area contributed by atoms with Crippen LogP contribution in [0.2, 0.25) is 0 Å². The fraction of sp³-hybridized carbons (Fsp3) is 0.500. The van der Waals surface area contributed by atoms with E-state index in [-0.39, 0.29) is 18.6 Å². The molecule has 3 N–H and O–H groups in total. The predicted molar refractivity (Wildman–Crippen MR) is 110 cm³/mol. The summed E-state index contributed by atoms with van der Waals surface area (Å²) in [5.41, 5.74) is 0.510. The van der Waals surface area contributed by atoms with E-state index >= 15 is 0 Å². The lowest BCUT2D eigenvalue weighted by atomic mass is 10.1. The lowest BCUT2D eigenvalue weighted by Gasteiger charge is -2.26. The summed E-state index contributed by atoms with van der Waals surface area (Å²) < 4.78 is 16.0. The van der Waals surface area contributed by atoms with Gasteiger partial charge in [0.15, 0.2) is 0 Å². The molecule has 1 aromatic heterocycles. The SMILES string of the molecule is COCCOc1ccc(C(=O)N[C@H]2CN(Cc3ccc(CO)o3)CCC[C@H]2O)cc1. The Morgan fingerprint density at radius 2 is 1.97 bits per heavy atom. The van der Waals surface area contributed by atoms with Crippen LogP contribution in [-0.2, 0) is 17.9 Å². The number of likely N-dealkylation sites (tertiary alicyclic amines) is 1. The van der Waals surface area contributed by atoms with E-state index in [1.54, 1.807) is 37.4 Å². The van der Waals surface area contributed by atoms with Crippen LogP contribution in [0.3, 0.4) is 0 Å². The van der Waals surface area contributed by atoms with Gasteiger partial charge in [-0.3, -0.25) is 9.69 Å². The molecule has 0 bridgehead atoms. The quantitative estimate of drug-likeness (QED) is 0.531. The molecule has 1 aliphatic heterocycles. The number of benzene rings is 1. The highest BCUT2D eigenvalue weighted by Gasteiger charge is 2.27. The molecule has 0 saturated carbocycles. The molecule has 1 amide bonds. The third-order valence-corrected chi connectivity index (χ3v) is 5.14. The molecule has 0 unspecified atom stereocenters. The van der Waals surface area contributed by atoms with E-state index in [0.29, 0.717) is 49.8 Å². The molecule has 0 radical (unpaired) electrons. The van der Waals surface area contributed by atoms with Crippen molar-refractivity contribution in [3.63, 3.8) is 0 Å². The Balaban J connectivity index is 1.58. The smallest absolute Gasteiger partial charge is 0.251 e. The normalized spacial score (nSPS) is 20.0. The molecule has 2 heterocycles. The second kappa shape index (κ2) is 11.1. The molecular formula is C22H30N2O6. The third kappa shape index (κ3) is 6.30. The zero-order chi connectivity index (χ0) is 21.3. The van der Waals surface area contributed by atoms with Crippen molar-refractivity contribution in [3.8, 4) is 5.75 Å². The number of amides is 1. The molecule has 0 aliphatic carbocycles. The number of furan rings is 1. The molecule has 1 aliphatic rings. The van der Waals surface area contributed by atoms with Crippen molar-refractivity contribution in [2.75, 3.05) is 33.4 Å². The Kier molecular flexibility index (Phi) is 8.27. The third-order valence-electron chi connectivity index (χ3n) is 5.14. The zero-order valence-electron chi connectivity index (χ0n) is 17.3. The largest absolute Gasteiger partial charge is 0.491 e. The number of nitrogens with one attached hydrogen (secondary N) is 1. The number of aliphatic hydroxyl groups excluding tert-OH is 2. The highest BCUT2D eigenvalue weighted by molar-refractivity contribution is 5.94. The van der Waals surface area contributed by atoms with Gasteiger partial charge in [-0.05, 0) is 55.8 Å². The van der Waals surface area contributed by atoms with Crippen LogP contribution >= 0.6 is 0 Å². The molecular weight excluding hydrogens is 388 g/mol. The summed E-state index contributed by atoms with van der Waals surface area (Å²) in [5, 5.41) is 22.6. The van der Waals surface area contributed by atoms with Crippen molar-refractivity contribution < 1.29 is 28.9 Å².